The van der Waals surface area contributed by atoms with Gasteiger partial charge in [0, 0.05) is 23.9 Å². The van der Waals surface area contributed by atoms with Crippen LogP contribution in [0.4, 0.5) is 17.1 Å². The first-order chi connectivity index (χ1) is 17.2. The smallest absolute Gasteiger partial charge is 0.271 e. The van der Waals surface area contributed by atoms with Gasteiger partial charge in [0.2, 0.25) is 5.91 Å². The third-order valence-corrected chi connectivity index (χ3v) is 6.78. The second-order valence-corrected chi connectivity index (χ2v) is 9.17. The minimum Gasteiger partial charge on any atom is -0.494 e. The molecule has 0 spiro atoms. The van der Waals surface area contributed by atoms with Crippen molar-refractivity contribution in [1.29, 1.82) is 0 Å². The largest absolute Gasteiger partial charge is 0.494 e. The summed E-state index contributed by atoms with van der Waals surface area (Å²) in [6.07, 6.45) is 0. The summed E-state index contributed by atoms with van der Waals surface area (Å²) in [7, 11) is -1.45. The van der Waals surface area contributed by atoms with E-state index in [0.29, 0.717) is 18.1 Å². The zero-order chi connectivity index (χ0) is 26.3. The fraction of sp³-hybridized carbons (Fsp3) is 0.208. The van der Waals surface area contributed by atoms with Gasteiger partial charge in [0.15, 0.2) is 11.5 Å². The highest BCUT2D eigenvalue weighted by atomic mass is 32.2. The summed E-state index contributed by atoms with van der Waals surface area (Å²) in [6, 6.07) is 15.7. The first-order valence-electron chi connectivity index (χ1n) is 10.7. The number of amides is 1. The van der Waals surface area contributed by atoms with Crippen LogP contribution in [0.5, 0.6) is 17.2 Å². The summed E-state index contributed by atoms with van der Waals surface area (Å²) < 4.78 is 44.1. The van der Waals surface area contributed by atoms with E-state index >= 15 is 0 Å². The van der Waals surface area contributed by atoms with Crippen LogP contribution in [0, 0.1) is 10.1 Å². The van der Waals surface area contributed by atoms with Crippen molar-refractivity contribution in [3.63, 3.8) is 0 Å². The molecule has 3 aromatic carbocycles. The van der Waals surface area contributed by atoms with Gasteiger partial charge in [0.1, 0.15) is 12.3 Å². The Morgan fingerprint density at radius 2 is 1.69 bits per heavy atom. The van der Waals surface area contributed by atoms with E-state index in [9.17, 15) is 23.3 Å². The number of methoxy groups -OCH3 is 2. The normalized spacial score (nSPS) is 10.9. The molecule has 12 heteroatoms. The average Bonchev–Trinajstić information content (AvgIpc) is 2.87. The molecule has 0 heterocycles. The number of nitro benzene ring substituents is 1. The van der Waals surface area contributed by atoms with Gasteiger partial charge >= 0.3 is 0 Å². The molecule has 0 aromatic heterocycles. The molecule has 0 saturated carbocycles. The number of anilines is 2. The Labute approximate surface area is 208 Å². The Hall–Kier alpha value is -4.32. The molecule has 1 N–H and O–H groups in total. The molecule has 0 radical (unpaired) electrons. The van der Waals surface area contributed by atoms with Gasteiger partial charge in [-0.25, -0.2) is 8.42 Å². The van der Waals surface area contributed by atoms with E-state index in [2.05, 4.69) is 5.32 Å². The third kappa shape index (κ3) is 6.02. The number of rotatable bonds is 11. The van der Waals surface area contributed by atoms with E-state index in [0.717, 1.165) is 4.31 Å². The number of nitrogens with one attached hydrogen (secondary N) is 1. The standard InChI is InChI=1S/C24H25N3O8S/c1-4-35-20-10-8-18(9-11-20)26(16-24(28)25-17-6-5-7-19(14-17)27(29)30)36(31,32)21-12-13-22(33-2)23(15-21)34-3/h5-15H,4,16H2,1-3H3,(H,25,28). The molecule has 3 aromatic rings. The Bertz CT molecular complexity index is 1340. The number of nitrogens with zero attached hydrogens (tertiary/aromatic N) is 2. The Morgan fingerprint density at radius 3 is 2.31 bits per heavy atom. The summed E-state index contributed by atoms with van der Waals surface area (Å²) in [4.78, 5) is 23.2. The van der Waals surface area contributed by atoms with E-state index in [-0.39, 0.29) is 27.7 Å². The second-order valence-electron chi connectivity index (χ2n) is 7.31. The number of non-ortho nitro benzene ring substituents is 1. The van der Waals surface area contributed by atoms with Crippen LogP contribution >= 0.6 is 0 Å². The van der Waals surface area contributed by atoms with Gasteiger partial charge in [-0.3, -0.25) is 19.2 Å². The van der Waals surface area contributed by atoms with Crippen molar-refractivity contribution >= 4 is 33.0 Å². The van der Waals surface area contributed by atoms with Crippen LogP contribution in [0.2, 0.25) is 0 Å². The molecule has 11 nitrogen and oxygen atoms in total. The SMILES string of the molecule is CCOc1ccc(N(CC(=O)Nc2cccc([N+](=O)[O-])c2)S(=O)(=O)c2ccc(OC)c(OC)c2)cc1. The van der Waals surface area contributed by atoms with Crippen molar-refractivity contribution in [1.82, 2.24) is 0 Å². The van der Waals surface area contributed by atoms with Gasteiger partial charge in [0.25, 0.3) is 15.7 Å². The van der Waals surface area contributed by atoms with E-state index in [4.69, 9.17) is 14.2 Å². The average molecular weight is 516 g/mol. The monoisotopic (exact) mass is 515 g/mol. The molecule has 3 rings (SSSR count). The van der Waals surface area contributed by atoms with Crippen LogP contribution in [0.1, 0.15) is 6.92 Å². The quantitative estimate of drug-likeness (QED) is 0.300. The van der Waals surface area contributed by atoms with E-state index in [1.807, 2.05) is 6.92 Å². The number of sulfonamides is 1. The van der Waals surface area contributed by atoms with Crippen molar-refractivity contribution in [3.8, 4) is 17.2 Å². The van der Waals surface area contributed by atoms with Crippen molar-refractivity contribution in [2.24, 2.45) is 0 Å². The lowest BCUT2D eigenvalue weighted by atomic mass is 10.2. The van der Waals surface area contributed by atoms with Crippen LogP contribution < -0.4 is 23.8 Å². The highest BCUT2D eigenvalue weighted by Crippen LogP contribution is 2.32. The third-order valence-electron chi connectivity index (χ3n) is 5.01. The zero-order valence-corrected chi connectivity index (χ0v) is 20.7. The number of benzene rings is 3. The summed E-state index contributed by atoms with van der Waals surface area (Å²) in [6.45, 7) is 1.64. The molecule has 0 aliphatic rings. The van der Waals surface area contributed by atoms with Crippen molar-refractivity contribution < 1.29 is 32.3 Å². The fourth-order valence-electron chi connectivity index (χ4n) is 3.32. The molecule has 0 unspecified atom stereocenters. The summed E-state index contributed by atoms with van der Waals surface area (Å²) in [5.74, 6) is 0.373. The molecular formula is C24H25N3O8S. The lowest BCUT2D eigenvalue weighted by Gasteiger charge is -2.24. The van der Waals surface area contributed by atoms with E-state index in [1.54, 1.807) is 12.1 Å². The van der Waals surface area contributed by atoms with Gasteiger partial charge in [-0.05, 0) is 49.4 Å². The van der Waals surface area contributed by atoms with E-state index < -0.39 is 27.4 Å². The molecule has 0 fully saturated rings. The van der Waals surface area contributed by atoms with Crippen molar-refractivity contribution in [3.05, 3.63) is 76.8 Å². The maximum Gasteiger partial charge on any atom is 0.271 e. The topological polar surface area (TPSA) is 137 Å². The van der Waals surface area contributed by atoms with Gasteiger partial charge in [-0.2, -0.15) is 0 Å². The first-order valence-corrected chi connectivity index (χ1v) is 12.2. The second kappa shape index (κ2) is 11.4. The summed E-state index contributed by atoms with van der Waals surface area (Å²) in [5.41, 5.74) is 0.154. The summed E-state index contributed by atoms with van der Waals surface area (Å²) >= 11 is 0. The van der Waals surface area contributed by atoms with Gasteiger partial charge in [-0.1, -0.05) is 6.07 Å². The van der Waals surface area contributed by atoms with Crippen LogP contribution in [0.3, 0.4) is 0 Å². The number of carbonyl (C=O) groups excluding carboxylic acids is 1. The van der Waals surface area contributed by atoms with Crippen LogP contribution in [0.25, 0.3) is 0 Å². The van der Waals surface area contributed by atoms with Crippen molar-refractivity contribution in [2.75, 3.05) is 37.0 Å². The minimum absolute atomic E-state index is 0.128. The number of nitro groups is 1. The van der Waals surface area contributed by atoms with Crippen LogP contribution in [-0.2, 0) is 14.8 Å². The molecule has 0 saturated heterocycles. The molecule has 0 aliphatic heterocycles. The maximum atomic E-state index is 13.7. The molecule has 0 aliphatic carbocycles. The van der Waals surface area contributed by atoms with Crippen LogP contribution in [-0.4, -0.2) is 46.6 Å². The van der Waals surface area contributed by atoms with Crippen molar-refractivity contribution in [2.45, 2.75) is 11.8 Å². The van der Waals surface area contributed by atoms with Gasteiger partial charge in [-0.15, -0.1) is 0 Å². The first kappa shape index (κ1) is 26.3. The molecule has 0 bridgehead atoms. The van der Waals surface area contributed by atoms with Gasteiger partial charge in [0.05, 0.1) is 36.3 Å². The number of hydrogen-bond acceptors (Lipinski definition) is 8. The molecular weight excluding hydrogens is 490 g/mol. The van der Waals surface area contributed by atoms with Crippen LogP contribution in [0.15, 0.2) is 71.6 Å². The lowest BCUT2D eigenvalue weighted by molar-refractivity contribution is -0.384. The Kier molecular flexibility index (Phi) is 8.33. The number of carbonyl (C=O) groups is 1. The Morgan fingerprint density at radius 1 is 1.00 bits per heavy atom. The predicted molar refractivity (Wildman–Crippen MR) is 133 cm³/mol. The highest BCUT2D eigenvalue weighted by Gasteiger charge is 2.28. The number of ether oxygens (including phenoxy) is 3. The molecule has 0 atom stereocenters. The minimum atomic E-state index is -4.26. The summed E-state index contributed by atoms with van der Waals surface area (Å²) in [5, 5.41) is 13.6. The molecule has 36 heavy (non-hydrogen) atoms. The molecule has 1 amide bonds. The molecule has 190 valence electrons. The highest BCUT2D eigenvalue weighted by molar-refractivity contribution is 7.92. The fourth-order valence-corrected chi connectivity index (χ4v) is 4.76. The van der Waals surface area contributed by atoms with Gasteiger partial charge < -0.3 is 19.5 Å². The van der Waals surface area contributed by atoms with E-state index in [1.165, 1.54) is 68.8 Å². The maximum absolute atomic E-state index is 13.7. The number of hydrogen-bond donors (Lipinski definition) is 1. The zero-order valence-electron chi connectivity index (χ0n) is 19.8. The predicted octanol–water partition coefficient (Wildman–Crippen LogP) is 3.84. The Balaban J connectivity index is 1.98. The lowest BCUT2D eigenvalue weighted by Crippen LogP contribution is -2.38.